The van der Waals surface area contributed by atoms with Crippen molar-refractivity contribution in [3.63, 3.8) is 0 Å². The van der Waals surface area contributed by atoms with E-state index in [1.807, 2.05) is 6.07 Å². The summed E-state index contributed by atoms with van der Waals surface area (Å²) >= 11 is 0. The van der Waals surface area contributed by atoms with Crippen molar-refractivity contribution in [3.8, 4) is 5.75 Å². The Morgan fingerprint density at radius 1 is 1.22 bits per heavy atom. The predicted octanol–water partition coefficient (Wildman–Crippen LogP) is 3.35. The normalized spacial score (nSPS) is 34.9. The Morgan fingerprint density at radius 3 is 2.83 bits per heavy atom. The lowest BCUT2D eigenvalue weighted by atomic mass is 9.56. The monoisotopic (exact) mass is 315 g/mol. The van der Waals surface area contributed by atoms with Gasteiger partial charge in [0.05, 0.1) is 12.7 Å². The summed E-state index contributed by atoms with van der Waals surface area (Å²) in [5.41, 5.74) is 0.620. The molecule has 1 aromatic rings. The van der Waals surface area contributed by atoms with E-state index in [4.69, 9.17) is 4.74 Å². The predicted molar refractivity (Wildman–Crippen MR) is 91.9 cm³/mol. The van der Waals surface area contributed by atoms with Crippen LogP contribution in [0.1, 0.15) is 50.5 Å². The van der Waals surface area contributed by atoms with Gasteiger partial charge in [-0.1, -0.05) is 25.0 Å². The molecule has 2 aliphatic carbocycles. The van der Waals surface area contributed by atoms with Gasteiger partial charge in [-0.15, -0.1) is 0 Å². The lowest BCUT2D eigenvalue weighted by Crippen LogP contribution is -2.64. The molecular weight excluding hydrogens is 286 g/mol. The molecule has 3 nitrogen and oxygen atoms in total. The molecule has 1 N–H and O–H groups in total. The third-order valence-corrected chi connectivity index (χ3v) is 6.51. The molecule has 1 aliphatic heterocycles. The van der Waals surface area contributed by atoms with Crippen molar-refractivity contribution in [2.75, 3.05) is 26.7 Å². The first-order valence-electron chi connectivity index (χ1n) is 9.24. The van der Waals surface area contributed by atoms with E-state index in [9.17, 15) is 5.11 Å². The molecule has 1 aromatic carbocycles. The molecule has 3 heteroatoms. The zero-order valence-electron chi connectivity index (χ0n) is 14.3. The summed E-state index contributed by atoms with van der Waals surface area (Å²) in [6, 6.07) is 8.45. The van der Waals surface area contributed by atoms with Gasteiger partial charge in [-0.3, -0.25) is 0 Å². The number of hydrogen-bond acceptors (Lipinski definition) is 3. The maximum absolute atomic E-state index is 11.7. The van der Waals surface area contributed by atoms with Gasteiger partial charge in [-0.25, -0.2) is 0 Å². The van der Waals surface area contributed by atoms with Crippen molar-refractivity contribution in [2.45, 2.75) is 56.0 Å². The second-order valence-corrected chi connectivity index (χ2v) is 7.98. The number of hydrogen-bond donors (Lipinski definition) is 1. The van der Waals surface area contributed by atoms with Crippen molar-refractivity contribution in [2.24, 2.45) is 5.92 Å². The van der Waals surface area contributed by atoms with Crippen LogP contribution in [0.2, 0.25) is 0 Å². The Morgan fingerprint density at radius 2 is 2.04 bits per heavy atom. The van der Waals surface area contributed by atoms with Crippen molar-refractivity contribution < 1.29 is 9.84 Å². The molecule has 2 saturated carbocycles. The maximum atomic E-state index is 11.7. The molecule has 2 atom stereocenters. The van der Waals surface area contributed by atoms with E-state index in [-0.39, 0.29) is 5.41 Å². The van der Waals surface area contributed by atoms with Gasteiger partial charge in [0.1, 0.15) is 5.75 Å². The van der Waals surface area contributed by atoms with Gasteiger partial charge in [-0.05, 0) is 62.3 Å². The summed E-state index contributed by atoms with van der Waals surface area (Å²) in [5.74, 6) is 1.80. The maximum Gasteiger partial charge on any atom is 0.119 e. The molecule has 3 fully saturated rings. The zero-order valence-corrected chi connectivity index (χ0v) is 14.3. The van der Waals surface area contributed by atoms with Crippen LogP contribution >= 0.6 is 0 Å². The van der Waals surface area contributed by atoms with Gasteiger partial charge in [-0.2, -0.15) is 0 Å². The van der Waals surface area contributed by atoms with Gasteiger partial charge in [0.25, 0.3) is 0 Å². The lowest BCUT2D eigenvalue weighted by molar-refractivity contribution is -0.121. The van der Waals surface area contributed by atoms with E-state index >= 15 is 0 Å². The number of rotatable bonds is 4. The van der Waals surface area contributed by atoms with Crippen LogP contribution in [-0.4, -0.2) is 42.4 Å². The fraction of sp³-hybridized carbons (Fsp3) is 0.700. The highest BCUT2D eigenvalue weighted by Gasteiger charge is 2.55. The van der Waals surface area contributed by atoms with Crippen molar-refractivity contribution in [1.82, 2.24) is 4.90 Å². The van der Waals surface area contributed by atoms with Crippen LogP contribution < -0.4 is 4.74 Å². The average molecular weight is 315 g/mol. The summed E-state index contributed by atoms with van der Waals surface area (Å²) in [4.78, 5) is 2.53. The highest BCUT2D eigenvalue weighted by molar-refractivity contribution is 5.38. The molecule has 0 amide bonds. The first-order valence-corrected chi connectivity index (χ1v) is 9.24. The molecule has 23 heavy (non-hydrogen) atoms. The van der Waals surface area contributed by atoms with Crippen molar-refractivity contribution in [3.05, 3.63) is 29.8 Å². The molecule has 0 bridgehead atoms. The first-order chi connectivity index (χ1) is 11.2. The molecule has 1 saturated heterocycles. The average Bonchev–Trinajstić information content (AvgIpc) is 3.38. The fourth-order valence-corrected chi connectivity index (χ4v) is 5.00. The minimum Gasteiger partial charge on any atom is -0.497 e. The van der Waals surface area contributed by atoms with E-state index in [0.29, 0.717) is 0 Å². The topological polar surface area (TPSA) is 32.7 Å². The summed E-state index contributed by atoms with van der Waals surface area (Å²) in [6.45, 7) is 3.16. The van der Waals surface area contributed by atoms with Gasteiger partial charge in [0, 0.05) is 18.5 Å². The van der Waals surface area contributed by atoms with Gasteiger partial charge < -0.3 is 14.7 Å². The highest BCUT2D eigenvalue weighted by Crippen LogP contribution is 2.52. The molecule has 0 aromatic heterocycles. The van der Waals surface area contributed by atoms with E-state index < -0.39 is 5.60 Å². The summed E-state index contributed by atoms with van der Waals surface area (Å²) < 4.78 is 5.44. The van der Waals surface area contributed by atoms with Crippen LogP contribution in [0.3, 0.4) is 0 Å². The second kappa shape index (κ2) is 5.78. The van der Waals surface area contributed by atoms with E-state index in [2.05, 4.69) is 23.1 Å². The lowest BCUT2D eigenvalue weighted by Gasteiger charge is -2.56. The number of nitrogens with zero attached hydrogens (tertiary/aromatic N) is 1. The van der Waals surface area contributed by atoms with E-state index in [0.717, 1.165) is 50.4 Å². The molecule has 0 spiro atoms. The number of methoxy groups -OCH3 is 1. The van der Waals surface area contributed by atoms with Crippen molar-refractivity contribution >= 4 is 0 Å². The van der Waals surface area contributed by atoms with Crippen LogP contribution in [0.25, 0.3) is 0 Å². The Hall–Kier alpha value is -1.06. The number of benzene rings is 1. The Labute approximate surface area is 139 Å². The van der Waals surface area contributed by atoms with Crippen LogP contribution in [0.4, 0.5) is 0 Å². The number of ether oxygens (including phenoxy) is 1. The van der Waals surface area contributed by atoms with Crippen LogP contribution in [-0.2, 0) is 5.41 Å². The van der Waals surface area contributed by atoms with Crippen LogP contribution in [0.15, 0.2) is 24.3 Å². The quantitative estimate of drug-likeness (QED) is 0.925. The SMILES string of the molecule is COc1cccc([C@@]23CCCC[C@@]2(O)CN(CC2CC2)CC3)c1. The second-order valence-electron chi connectivity index (χ2n) is 7.98. The number of fused-ring (bicyclic) bond motifs is 1. The van der Waals surface area contributed by atoms with Gasteiger partial charge in [0.15, 0.2) is 0 Å². The molecule has 0 unspecified atom stereocenters. The summed E-state index contributed by atoms with van der Waals surface area (Å²) in [6.07, 6.45) is 8.26. The molecular formula is C20H29NO2. The van der Waals surface area contributed by atoms with E-state index in [1.165, 1.54) is 31.4 Å². The number of likely N-dealkylation sites (tertiary alicyclic amines) is 1. The largest absolute Gasteiger partial charge is 0.497 e. The summed E-state index contributed by atoms with van der Waals surface area (Å²) in [7, 11) is 1.72. The highest BCUT2D eigenvalue weighted by atomic mass is 16.5. The minimum absolute atomic E-state index is 0.0835. The van der Waals surface area contributed by atoms with Crippen LogP contribution in [0.5, 0.6) is 5.75 Å². The standard InChI is InChI=1S/C20H29NO2/c1-23-18-6-4-5-17(13-18)19-9-2-3-10-20(19,22)15-21(12-11-19)14-16-7-8-16/h4-6,13,16,22H,2-3,7-12,14-15H2,1H3/t19-,20+/m0/s1. The third-order valence-electron chi connectivity index (χ3n) is 6.51. The molecule has 126 valence electrons. The minimum atomic E-state index is -0.579. The molecule has 1 heterocycles. The van der Waals surface area contributed by atoms with Crippen molar-refractivity contribution in [1.29, 1.82) is 0 Å². The number of aliphatic hydroxyl groups is 1. The first kappa shape index (κ1) is 15.5. The number of piperidine rings is 1. The Balaban J connectivity index is 1.65. The molecule has 0 radical (unpaired) electrons. The molecule has 4 rings (SSSR count). The zero-order chi connectivity index (χ0) is 15.9. The van der Waals surface area contributed by atoms with Gasteiger partial charge in [0.2, 0.25) is 0 Å². The smallest absolute Gasteiger partial charge is 0.119 e. The van der Waals surface area contributed by atoms with Crippen LogP contribution in [0, 0.1) is 5.92 Å². The van der Waals surface area contributed by atoms with Gasteiger partial charge >= 0.3 is 0 Å². The third kappa shape index (κ3) is 2.68. The Kier molecular flexibility index (Phi) is 3.89. The Bertz CT molecular complexity index is 571. The van der Waals surface area contributed by atoms with E-state index in [1.54, 1.807) is 7.11 Å². The molecule has 3 aliphatic rings. The fourth-order valence-electron chi connectivity index (χ4n) is 5.00. The summed E-state index contributed by atoms with van der Waals surface area (Å²) in [5, 5.41) is 11.7. The number of β-amino-alcohol motifs (C(OH)–C–C–N with tert-alkyl or cyclic N) is 1.